The lowest BCUT2D eigenvalue weighted by atomic mass is 9.92. The van der Waals surface area contributed by atoms with Gasteiger partial charge in [0.05, 0.1) is 13.7 Å². The minimum atomic E-state index is -2.58. The fourth-order valence-corrected chi connectivity index (χ4v) is 5.58. The van der Waals surface area contributed by atoms with E-state index < -0.39 is 52.3 Å². The third-order valence-electron chi connectivity index (χ3n) is 7.75. The van der Waals surface area contributed by atoms with Gasteiger partial charge in [0.2, 0.25) is 5.60 Å². The molecule has 4 atom stereocenters. The van der Waals surface area contributed by atoms with E-state index in [1.165, 1.54) is 23.9 Å². The zero-order chi connectivity index (χ0) is 27.2. The number of carbonyl (C=O) groups excluding carboxylic acids is 1. The Hall–Kier alpha value is -1.58. The van der Waals surface area contributed by atoms with Gasteiger partial charge in [0.25, 0.3) is 0 Å². The third-order valence-corrected chi connectivity index (χ3v) is 16.7. The number of nitrogens with zero attached hydrogens (tertiary/aromatic N) is 2. The zero-order valence-corrected chi connectivity index (χ0v) is 25.0. The predicted molar refractivity (Wildman–Crippen MR) is 139 cm³/mol. The summed E-state index contributed by atoms with van der Waals surface area (Å²) < 4.78 is 25.3. The maximum absolute atomic E-state index is 13.1. The Kier molecular flexibility index (Phi) is 8.23. The zero-order valence-electron chi connectivity index (χ0n) is 23.0. The van der Waals surface area contributed by atoms with Crippen LogP contribution in [0.5, 0.6) is 0 Å². The summed E-state index contributed by atoms with van der Waals surface area (Å²) in [6.07, 6.45) is -2.12. The number of aromatic nitrogens is 2. The molecule has 1 fully saturated rings. The van der Waals surface area contributed by atoms with Gasteiger partial charge in [-0.15, -0.1) is 0 Å². The van der Waals surface area contributed by atoms with Crippen molar-refractivity contribution < 1.29 is 28.2 Å². The van der Waals surface area contributed by atoms with Crippen LogP contribution >= 0.6 is 0 Å². The minimum absolute atomic E-state index is 0.0483. The second kappa shape index (κ2) is 9.71. The van der Waals surface area contributed by atoms with Gasteiger partial charge in [0, 0.05) is 6.20 Å². The fraction of sp³-hybridized carbons (Fsp3) is 0.783. The van der Waals surface area contributed by atoms with Crippen molar-refractivity contribution in [3.8, 4) is 0 Å². The molecule has 0 radical (unpaired) electrons. The molecule has 0 aromatic carbocycles. The Morgan fingerprint density at radius 2 is 1.71 bits per heavy atom. The maximum Gasteiger partial charge on any atom is 0.351 e. The van der Waals surface area contributed by atoms with Gasteiger partial charge in [-0.2, -0.15) is 4.98 Å². The molecule has 10 nitrogen and oxygen atoms in total. The number of hydrogen-bond acceptors (Lipinski definition) is 9. The summed E-state index contributed by atoms with van der Waals surface area (Å²) in [5.41, 5.74) is 2.77. The predicted octanol–water partition coefficient (Wildman–Crippen LogP) is 3.04. The number of aliphatic hydroxyl groups is 1. The third kappa shape index (κ3) is 5.72. The molecule has 0 spiro atoms. The van der Waals surface area contributed by atoms with Gasteiger partial charge in [-0.25, -0.2) is 9.59 Å². The van der Waals surface area contributed by atoms with Crippen molar-refractivity contribution in [1.29, 1.82) is 0 Å². The molecule has 0 unspecified atom stereocenters. The lowest BCUT2D eigenvalue weighted by molar-refractivity contribution is -0.177. The van der Waals surface area contributed by atoms with Gasteiger partial charge in [-0.3, -0.25) is 4.57 Å². The van der Waals surface area contributed by atoms with Crippen molar-refractivity contribution in [2.45, 2.75) is 102 Å². The molecular formula is C23H43N3O7Si2. The van der Waals surface area contributed by atoms with E-state index in [4.69, 9.17) is 24.1 Å². The van der Waals surface area contributed by atoms with Crippen molar-refractivity contribution in [2.24, 2.45) is 0 Å². The first-order valence-electron chi connectivity index (χ1n) is 11.8. The number of nitrogen functional groups attached to an aromatic ring is 1. The van der Waals surface area contributed by atoms with Gasteiger partial charge in [0.15, 0.2) is 22.9 Å². The van der Waals surface area contributed by atoms with Crippen LogP contribution in [0, 0.1) is 0 Å². The number of ether oxygens (including phenoxy) is 2. The van der Waals surface area contributed by atoms with Crippen LogP contribution in [0.4, 0.5) is 5.82 Å². The van der Waals surface area contributed by atoms with E-state index in [0.717, 1.165) is 0 Å². The van der Waals surface area contributed by atoms with Gasteiger partial charge >= 0.3 is 11.7 Å². The average Bonchev–Trinajstić information content (AvgIpc) is 2.96. The highest BCUT2D eigenvalue weighted by Gasteiger charge is 2.65. The van der Waals surface area contributed by atoms with Crippen molar-refractivity contribution in [3.05, 3.63) is 22.7 Å². The number of carbonyl (C=O) groups is 1. The van der Waals surface area contributed by atoms with Crippen molar-refractivity contribution in [2.75, 3.05) is 19.5 Å². The monoisotopic (exact) mass is 529 g/mol. The minimum Gasteiger partial charge on any atom is -0.467 e. The lowest BCUT2D eigenvalue weighted by Gasteiger charge is -2.42. The lowest BCUT2D eigenvalue weighted by Crippen LogP contribution is -2.61. The topological polar surface area (TPSA) is 135 Å². The van der Waals surface area contributed by atoms with E-state index in [0.29, 0.717) is 0 Å². The van der Waals surface area contributed by atoms with E-state index >= 15 is 0 Å². The summed E-state index contributed by atoms with van der Waals surface area (Å²) >= 11 is 0. The summed E-state index contributed by atoms with van der Waals surface area (Å²) in [6.45, 7) is 20.4. The standard InChI is InChI=1S/C23H43N3O7Si2/c1-21(2,3)34(8,9)31-14-15-23(29,19(27)30-7)17(33-35(10,11)22(4,5)6)18(32-15)26-13-12-16(24)25-20(26)28/h12-13,15,17-18,29H,14H2,1-11H3,(H2,24,25,28)/t15-,17+,18-,23-/m1/s1. The Morgan fingerprint density at radius 1 is 1.17 bits per heavy atom. The van der Waals surface area contributed by atoms with Crippen LogP contribution in [0.1, 0.15) is 47.8 Å². The van der Waals surface area contributed by atoms with E-state index in [1.54, 1.807) is 0 Å². The quantitative estimate of drug-likeness (QED) is 0.403. The Morgan fingerprint density at radius 3 is 2.17 bits per heavy atom. The molecule has 3 N–H and O–H groups in total. The average molecular weight is 530 g/mol. The Labute approximate surface area is 210 Å². The van der Waals surface area contributed by atoms with E-state index in [-0.39, 0.29) is 22.5 Å². The molecule has 2 rings (SSSR count). The van der Waals surface area contributed by atoms with Crippen LogP contribution in [0.25, 0.3) is 0 Å². The molecule has 1 saturated heterocycles. The number of methoxy groups -OCH3 is 1. The SMILES string of the molecule is COC(=O)[C@@]1(O)[C@@H](CO[Si](C)(C)C(C)(C)C)O[C@@H](n2ccc(N)nc2=O)[C@@H]1O[Si](C)(C)C(C)(C)C. The van der Waals surface area contributed by atoms with Gasteiger partial charge in [0.1, 0.15) is 18.0 Å². The molecule has 1 aromatic heterocycles. The number of hydrogen-bond donors (Lipinski definition) is 2. The van der Waals surface area contributed by atoms with E-state index in [1.807, 2.05) is 33.9 Å². The summed E-state index contributed by atoms with van der Waals surface area (Å²) in [5, 5.41) is 11.6. The second-order valence-corrected chi connectivity index (χ2v) is 21.8. The van der Waals surface area contributed by atoms with Crippen molar-refractivity contribution >= 4 is 28.4 Å². The second-order valence-electron chi connectivity index (χ2n) is 12.2. The van der Waals surface area contributed by atoms with Gasteiger partial charge in [-0.1, -0.05) is 41.5 Å². The molecule has 2 heterocycles. The van der Waals surface area contributed by atoms with Gasteiger partial charge < -0.3 is 29.2 Å². The van der Waals surface area contributed by atoms with Crippen LogP contribution in [0.2, 0.25) is 36.3 Å². The number of esters is 1. The van der Waals surface area contributed by atoms with Crippen LogP contribution in [-0.2, 0) is 23.1 Å². The highest BCUT2D eigenvalue weighted by atomic mass is 28.4. The molecule has 1 aromatic rings. The molecule has 12 heteroatoms. The van der Waals surface area contributed by atoms with Crippen molar-refractivity contribution in [3.63, 3.8) is 0 Å². The Balaban J connectivity index is 2.64. The molecule has 200 valence electrons. The molecule has 0 aliphatic carbocycles. The first-order valence-corrected chi connectivity index (χ1v) is 17.6. The molecule has 0 bridgehead atoms. The molecular weight excluding hydrogens is 486 g/mol. The Bertz CT molecular complexity index is 985. The van der Waals surface area contributed by atoms with Crippen LogP contribution < -0.4 is 11.4 Å². The first kappa shape index (κ1) is 29.7. The highest BCUT2D eigenvalue weighted by Crippen LogP contribution is 2.46. The normalized spacial score (nSPS) is 26.1. The largest absolute Gasteiger partial charge is 0.467 e. The maximum atomic E-state index is 13.1. The van der Waals surface area contributed by atoms with E-state index in [9.17, 15) is 14.7 Å². The summed E-state index contributed by atoms with van der Waals surface area (Å²) in [6, 6.07) is 1.45. The fourth-order valence-electron chi connectivity index (χ4n) is 3.30. The number of rotatable bonds is 7. The van der Waals surface area contributed by atoms with Gasteiger partial charge in [-0.05, 0) is 42.3 Å². The molecule has 0 saturated carbocycles. The van der Waals surface area contributed by atoms with Crippen LogP contribution in [0.3, 0.4) is 0 Å². The van der Waals surface area contributed by atoms with Crippen molar-refractivity contribution in [1.82, 2.24) is 9.55 Å². The molecule has 35 heavy (non-hydrogen) atoms. The highest BCUT2D eigenvalue weighted by molar-refractivity contribution is 6.74. The number of anilines is 1. The first-order chi connectivity index (χ1) is 15.7. The summed E-state index contributed by atoms with van der Waals surface area (Å²) in [7, 11) is -3.66. The smallest absolute Gasteiger partial charge is 0.351 e. The van der Waals surface area contributed by atoms with E-state index in [2.05, 4.69) is 38.8 Å². The summed E-state index contributed by atoms with van der Waals surface area (Å²) in [4.78, 5) is 29.7. The van der Waals surface area contributed by atoms with Crippen LogP contribution in [-0.4, -0.2) is 68.8 Å². The molecule has 1 aliphatic rings. The van der Waals surface area contributed by atoms with Crippen LogP contribution in [0.15, 0.2) is 17.1 Å². The molecule has 1 aliphatic heterocycles. The molecule has 0 amide bonds. The number of nitrogens with two attached hydrogens (primary N) is 1. The summed E-state index contributed by atoms with van der Waals surface area (Å²) in [5.74, 6) is -0.865.